The first-order valence-corrected chi connectivity index (χ1v) is 6.12. The molecule has 1 unspecified atom stereocenters. The van der Waals surface area contributed by atoms with Gasteiger partial charge in [0.2, 0.25) is 0 Å². The highest BCUT2D eigenvalue weighted by Gasteiger charge is 1.99. The second-order valence-corrected chi connectivity index (χ2v) is 4.35. The summed E-state index contributed by atoms with van der Waals surface area (Å²) in [5.41, 5.74) is 0. The van der Waals surface area contributed by atoms with Crippen LogP contribution >= 0.6 is 0 Å². The number of ether oxygens (including phenoxy) is 1. The topological polar surface area (TPSA) is 41.5 Å². The van der Waals surface area contributed by atoms with Gasteiger partial charge in [-0.1, -0.05) is 0 Å². The summed E-state index contributed by atoms with van der Waals surface area (Å²) >= 11 is 0. The molecule has 1 atom stereocenters. The van der Waals surface area contributed by atoms with Gasteiger partial charge < -0.3 is 15.2 Å². The first kappa shape index (κ1) is 14.9. The Kier molecular flexibility index (Phi) is 10.3. The highest BCUT2D eigenvalue weighted by atomic mass is 16.5. The fourth-order valence-corrected chi connectivity index (χ4v) is 1.39. The summed E-state index contributed by atoms with van der Waals surface area (Å²) in [5.74, 6) is 0. The lowest BCUT2D eigenvalue weighted by Crippen LogP contribution is -2.27. The molecule has 0 aliphatic carbocycles. The Morgan fingerprint density at radius 1 is 1.13 bits per heavy atom. The molecule has 0 heterocycles. The molecule has 0 rings (SSSR count). The van der Waals surface area contributed by atoms with E-state index in [-0.39, 0.29) is 0 Å². The van der Waals surface area contributed by atoms with Gasteiger partial charge in [-0.3, -0.25) is 0 Å². The number of hydrogen-bond acceptors (Lipinski definition) is 3. The molecule has 0 fully saturated rings. The molecule has 0 saturated heterocycles. The van der Waals surface area contributed by atoms with E-state index in [4.69, 9.17) is 9.84 Å². The maximum Gasteiger partial charge on any atom is 0.0518 e. The summed E-state index contributed by atoms with van der Waals surface area (Å²) in [6.07, 6.45) is 4.58. The largest absolute Gasteiger partial charge is 0.396 e. The van der Waals surface area contributed by atoms with Crippen molar-refractivity contribution < 1.29 is 9.84 Å². The van der Waals surface area contributed by atoms with Crippen molar-refractivity contribution in [3.05, 3.63) is 0 Å². The Hall–Kier alpha value is -0.120. The Bertz CT molecular complexity index is 129. The van der Waals surface area contributed by atoms with Gasteiger partial charge in [0.15, 0.2) is 0 Å². The molecule has 15 heavy (non-hydrogen) atoms. The number of rotatable bonds is 10. The van der Waals surface area contributed by atoms with E-state index < -0.39 is 0 Å². The number of aliphatic hydroxyl groups is 1. The Morgan fingerprint density at radius 2 is 1.87 bits per heavy atom. The summed E-state index contributed by atoms with van der Waals surface area (Å²) in [5, 5.41) is 12.1. The molecule has 0 aromatic rings. The van der Waals surface area contributed by atoms with Crippen LogP contribution in [0, 0.1) is 0 Å². The van der Waals surface area contributed by atoms with Crippen molar-refractivity contribution in [2.45, 2.75) is 58.6 Å². The van der Waals surface area contributed by atoms with E-state index in [9.17, 15) is 0 Å². The third kappa shape index (κ3) is 11.8. The van der Waals surface area contributed by atoms with Gasteiger partial charge in [0, 0.05) is 19.3 Å². The summed E-state index contributed by atoms with van der Waals surface area (Å²) < 4.78 is 5.45. The van der Waals surface area contributed by atoms with Crippen LogP contribution in [0.2, 0.25) is 0 Å². The molecular formula is C12H27NO2. The molecule has 0 amide bonds. The molecular weight excluding hydrogens is 190 g/mol. The van der Waals surface area contributed by atoms with Crippen LogP contribution in [-0.2, 0) is 4.74 Å². The summed E-state index contributed by atoms with van der Waals surface area (Å²) in [4.78, 5) is 0. The first-order chi connectivity index (χ1) is 7.16. The molecule has 0 radical (unpaired) electrons. The monoisotopic (exact) mass is 217 g/mol. The fraction of sp³-hybridized carbons (Fsp3) is 1.00. The van der Waals surface area contributed by atoms with Crippen LogP contribution in [-0.4, -0.2) is 37.0 Å². The smallest absolute Gasteiger partial charge is 0.0518 e. The summed E-state index contributed by atoms with van der Waals surface area (Å²) in [6.45, 7) is 8.51. The zero-order valence-corrected chi connectivity index (χ0v) is 10.5. The van der Waals surface area contributed by atoms with Crippen LogP contribution in [0.1, 0.15) is 46.5 Å². The quantitative estimate of drug-likeness (QED) is 0.550. The van der Waals surface area contributed by atoms with Crippen LogP contribution in [0.25, 0.3) is 0 Å². The Morgan fingerprint density at radius 3 is 2.47 bits per heavy atom. The van der Waals surface area contributed by atoms with Crippen molar-refractivity contribution >= 4 is 0 Å². The molecule has 0 spiro atoms. The van der Waals surface area contributed by atoms with Gasteiger partial charge in [-0.2, -0.15) is 0 Å². The minimum atomic E-state index is 0.300. The molecule has 0 bridgehead atoms. The maximum atomic E-state index is 8.66. The van der Waals surface area contributed by atoms with Gasteiger partial charge in [0.1, 0.15) is 0 Å². The number of hydrogen-bond donors (Lipinski definition) is 2. The van der Waals surface area contributed by atoms with Crippen LogP contribution in [0.3, 0.4) is 0 Å². The predicted octanol–water partition coefficient (Wildman–Crippen LogP) is 1.94. The molecule has 92 valence electrons. The Labute approximate surface area is 94.2 Å². The molecule has 0 aliphatic heterocycles. The minimum Gasteiger partial charge on any atom is -0.396 e. The van der Waals surface area contributed by atoms with Crippen LogP contribution < -0.4 is 5.32 Å². The molecule has 0 aliphatic rings. The zero-order valence-electron chi connectivity index (χ0n) is 10.5. The average Bonchev–Trinajstić information content (AvgIpc) is 2.19. The highest BCUT2D eigenvalue weighted by molar-refractivity contribution is 4.60. The summed E-state index contributed by atoms with van der Waals surface area (Å²) in [6, 6.07) is 0.517. The van der Waals surface area contributed by atoms with Crippen LogP contribution in [0.15, 0.2) is 0 Å². The van der Waals surface area contributed by atoms with Crippen molar-refractivity contribution in [1.29, 1.82) is 0 Å². The van der Waals surface area contributed by atoms with Gasteiger partial charge in [0.05, 0.1) is 6.10 Å². The standard InChI is InChI=1S/C12H27NO2/c1-11(2)15-10-5-4-8-13-12(3)7-6-9-14/h11-14H,4-10H2,1-3H3. The highest BCUT2D eigenvalue weighted by Crippen LogP contribution is 1.97. The van der Waals surface area contributed by atoms with Crippen molar-refractivity contribution in [1.82, 2.24) is 5.32 Å². The fourth-order valence-electron chi connectivity index (χ4n) is 1.39. The van der Waals surface area contributed by atoms with Gasteiger partial charge in [-0.15, -0.1) is 0 Å². The average molecular weight is 217 g/mol. The van der Waals surface area contributed by atoms with E-state index in [0.717, 1.165) is 38.8 Å². The van der Waals surface area contributed by atoms with E-state index in [1.54, 1.807) is 0 Å². The second kappa shape index (κ2) is 10.4. The van der Waals surface area contributed by atoms with Gasteiger partial charge in [-0.25, -0.2) is 0 Å². The first-order valence-electron chi connectivity index (χ1n) is 6.12. The maximum absolute atomic E-state index is 8.66. The normalized spacial score (nSPS) is 13.4. The third-order valence-corrected chi connectivity index (χ3v) is 2.31. The lowest BCUT2D eigenvalue weighted by molar-refractivity contribution is 0.0759. The van der Waals surface area contributed by atoms with E-state index in [1.165, 1.54) is 0 Å². The molecule has 3 nitrogen and oxygen atoms in total. The predicted molar refractivity (Wildman–Crippen MR) is 64.1 cm³/mol. The van der Waals surface area contributed by atoms with Crippen molar-refractivity contribution in [3.63, 3.8) is 0 Å². The van der Waals surface area contributed by atoms with E-state index in [0.29, 0.717) is 18.8 Å². The second-order valence-electron chi connectivity index (χ2n) is 4.35. The lowest BCUT2D eigenvalue weighted by Gasteiger charge is -2.13. The van der Waals surface area contributed by atoms with Crippen LogP contribution in [0.5, 0.6) is 0 Å². The Balaban J connectivity index is 3.09. The van der Waals surface area contributed by atoms with Crippen LogP contribution in [0.4, 0.5) is 0 Å². The molecule has 0 aromatic heterocycles. The van der Waals surface area contributed by atoms with E-state index >= 15 is 0 Å². The van der Waals surface area contributed by atoms with Crippen molar-refractivity contribution in [2.75, 3.05) is 19.8 Å². The minimum absolute atomic E-state index is 0.300. The van der Waals surface area contributed by atoms with Crippen molar-refractivity contribution in [3.8, 4) is 0 Å². The van der Waals surface area contributed by atoms with Gasteiger partial charge in [-0.05, 0) is 53.0 Å². The molecule has 3 heteroatoms. The molecule has 0 aromatic carbocycles. The zero-order chi connectivity index (χ0) is 11.5. The third-order valence-electron chi connectivity index (χ3n) is 2.31. The molecule has 2 N–H and O–H groups in total. The van der Waals surface area contributed by atoms with Gasteiger partial charge >= 0.3 is 0 Å². The number of unbranched alkanes of at least 4 members (excludes halogenated alkanes) is 1. The van der Waals surface area contributed by atoms with E-state index in [1.807, 2.05) is 0 Å². The van der Waals surface area contributed by atoms with Gasteiger partial charge in [0.25, 0.3) is 0 Å². The SMILES string of the molecule is CC(CCCO)NCCCCOC(C)C. The summed E-state index contributed by atoms with van der Waals surface area (Å²) in [7, 11) is 0. The number of aliphatic hydroxyl groups excluding tert-OH is 1. The lowest BCUT2D eigenvalue weighted by atomic mass is 10.2. The van der Waals surface area contributed by atoms with Crippen molar-refractivity contribution in [2.24, 2.45) is 0 Å². The van der Waals surface area contributed by atoms with E-state index in [2.05, 4.69) is 26.1 Å². The molecule has 0 saturated carbocycles. The number of nitrogens with one attached hydrogen (secondary N) is 1.